The number of allylic oxidation sites excluding steroid dienone is 3. The van der Waals surface area contributed by atoms with Crippen molar-refractivity contribution >= 4 is 28.6 Å². The van der Waals surface area contributed by atoms with Crippen LogP contribution in [0.1, 0.15) is 37.0 Å². The van der Waals surface area contributed by atoms with E-state index >= 15 is 0 Å². The van der Waals surface area contributed by atoms with Crippen molar-refractivity contribution in [1.82, 2.24) is 0 Å². The van der Waals surface area contributed by atoms with Gasteiger partial charge in [0.15, 0.2) is 0 Å². The van der Waals surface area contributed by atoms with E-state index in [-0.39, 0.29) is 5.97 Å². The van der Waals surface area contributed by atoms with Crippen molar-refractivity contribution in [3.63, 3.8) is 0 Å². The Labute approximate surface area is 128 Å². The maximum Gasteiger partial charge on any atom is 0.338 e. The van der Waals surface area contributed by atoms with Gasteiger partial charge in [-0.25, -0.2) is 4.79 Å². The summed E-state index contributed by atoms with van der Waals surface area (Å²) in [7, 11) is 0. The lowest BCUT2D eigenvalue weighted by Crippen LogP contribution is -2.04. The van der Waals surface area contributed by atoms with Gasteiger partial charge in [0.2, 0.25) is 0 Å². The molecule has 0 atom stereocenters. The molecule has 0 unspecified atom stereocenters. The number of ether oxygens (including phenoxy) is 1. The molecule has 0 aliphatic heterocycles. The second-order valence-corrected chi connectivity index (χ2v) is 5.82. The van der Waals surface area contributed by atoms with Crippen LogP contribution in [-0.4, -0.2) is 12.6 Å². The van der Waals surface area contributed by atoms with Gasteiger partial charge >= 0.3 is 5.97 Å². The van der Waals surface area contributed by atoms with E-state index in [0.717, 1.165) is 12.8 Å². The van der Waals surface area contributed by atoms with Crippen LogP contribution >= 0.6 is 22.6 Å². The lowest BCUT2D eigenvalue weighted by molar-refractivity contribution is 0.0549. The SMILES string of the molecule is CC(C)=CCC/C(I)=C/COC(=O)c1ccccc1. The Hall–Kier alpha value is -1.10. The number of halogens is 1. The Morgan fingerprint density at radius 1 is 1.21 bits per heavy atom. The summed E-state index contributed by atoms with van der Waals surface area (Å²) in [6.07, 6.45) is 6.20. The smallest absolute Gasteiger partial charge is 0.338 e. The number of hydrogen-bond acceptors (Lipinski definition) is 2. The average Bonchev–Trinajstić information content (AvgIpc) is 2.39. The maximum atomic E-state index is 11.7. The molecule has 0 aromatic heterocycles. The van der Waals surface area contributed by atoms with Gasteiger partial charge in [-0.2, -0.15) is 0 Å². The van der Waals surface area contributed by atoms with E-state index in [1.165, 1.54) is 9.15 Å². The molecule has 1 rings (SSSR count). The normalized spacial score (nSPS) is 11.0. The van der Waals surface area contributed by atoms with E-state index in [9.17, 15) is 4.79 Å². The van der Waals surface area contributed by atoms with Crippen LogP contribution in [-0.2, 0) is 4.74 Å². The number of carbonyl (C=O) groups is 1. The quantitative estimate of drug-likeness (QED) is 0.404. The molecule has 0 N–H and O–H groups in total. The number of hydrogen-bond donors (Lipinski definition) is 0. The summed E-state index contributed by atoms with van der Waals surface area (Å²) in [4.78, 5) is 11.7. The molecule has 0 heterocycles. The molecule has 3 heteroatoms. The largest absolute Gasteiger partial charge is 0.458 e. The molecule has 2 nitrogen and oxygen atoms in total. The first-order valence-electron chi connectivity index (χ1n) is 6.29. The monoisotopic (exact) mass is 370 g/mol. The molecule has 102 valence electrons. The summed E-state index contributed by atoms with van der Waals surface area (Å²) in [5, 5.41) is 0. The van der Waals surface area contributed by atoms with Crippen LogP contribution in [0.15, 0.2) is 51.6 Å². The molecule has 0 saturated carbocycles. The van der Waals surface area contributed by atoms with Gasteiger partial charge in [-0.3, -0.25) is 0 Å². The van der Waals surface area contributed by atoms with Gasteiger partial charge in [0.1, 0.15) is 6.61 Å². The van der Waals surface area contributed by atoms with Crippen LogP contribution in [0, 0.1) is 0 Å². The van der Waals surface area contributed by atoms with Crippen LogP contribution in [0.4, 0.5) is 0 Å². The van der Waals surface area contributed by atoms with Crippen molar-refractivity contribution in [3.05, 3.63) is 57.2 Å². The molecule has 1 aromatic carbocycles. The second-order valence-electron chi connectivity index (χ2n) is 4.44. The van der Waals surface area contributed by atoms with E-state index in [1.807, 2.05) is 24.3 Å². The van der Waals surface area contributed by atoms with Crippen LogP contribution in [0.2, 0.25) is 0 Å². The molecule has 0 amide bonds. The lowest BCUT2D eigenvalue weighted by atomic mass is 10.2. The zero-order valence-electron chi connectivity index (χ0n) is 11.4. The summed E-state index contributed by atoms with van der Waals surface area (Å²) >= 11 is 2.29. The maximum absolute atomic E-state index is 11.7. The third kappa shape index (κ3) is 7.15. The minimum Gasteiger partial charge on any atom is -0.458 e. The van der Waals surface area contributed by atoms with Crippen molar-refractivity contribution in [2.75, 3.05) is 6.61 Å². The zero-order valence-corrected chi connectivity index (χ0v) is 13.5. The van der Waals surface area contributed by atoms with Crippen molar-refractivity contribution in [3.8, 4) is 0 Å². The highest BCUT2D eigenvalue weighted by Crippen LogP contribution is 2.14. The summed E-state index contributed by atoms with van der Waals surface area (Å²) in [5.74, 6) is -0.273. The van der Waals surface area contributed by atoms with Gasteiger partial charge in [0.25, 0.3) is 0 Å². The van der Waals surface area contributed by atoms with Crippen molar-refractivity contribution in [1.29, 1.82) is 0 Å². The second kappa shape index (κ2) is 8.91. The minimum atomic E-state index is -0.273. The molecule has 0 radical (unpaired) electrons. The van der Waals surface area contributed by atoms with Crippen LogP contribution in [0.25, 0.3) is 0 Å². The molecule has 19 heavy (non-hydrogen) atoms. The van der Waals surface area contributed by atoms with Crippen molar-refractivity contribution in [2.24, 2.45) is 0 Å². The molecular weight excluding hydrogens is 351 g/mol. The van der Waals surface area contributed by atoms with E-state index < -0.39 is 0 Å². The fraction of sp³-hybridized carbons (Fsp3) is 0.312. The topological polar surface area (TPSA) is 26.3 Å². The Morgan fingerprint density at radius 2 is 1.89 bits per heavy atom. The van der Waals surface area contributed by atoms with Crippen LogP contribution in [0.5, 0.6) is 0 Å². The number of benzene rings is 1. The van der Waals surface area contributed by atoms with Gasteiger partial charge in [0, 0.05) is 0 Å². The summed E-state index contributed by atoms with van der Waals surface area (Å²) in [5.41, 5.74) is 1.93. The van der Waals surface area contributed by atoms with Gasteiger partial charge in [-0.15, -0.1) is 0 Å². The Morgan fingerprint density at radius 3 is 2.53 bits per heavy atom. The van der Waals surface area contributed by atoms with E-state index in [2.05, 4.69) is 42.5 Å². The molecule has 0 spiro atoms. The molecular formula is C16H19IO2. The summed E-state index contributed by atoms with van der Waals surface area (Å²) in [6, 6.07) is 9.05. The predicted octanol–water partition coefficient (Wildman–Crippen LogP) is 4.91. The highest BCUT2D eigenvalue weighted by molar-refractivity contribution is 14.1. The highest BCUT2D eigenvalue weighted by atomic mass is 127. The van der Waals surface area contributed by atoms with Gasteiger partial charge in [-0.05, 0) is 71.1 Å². The Balaban J connectivity index is 2.33. The molecule has 0 aliphatic rings. The molecule has 0 aliphatic carbocycles. The lowest BCUT2D eigenvalue weighted by Gasteiger charge is -2.02. The summed E-state index contributed by atoms with van der Waals surface area (Å²) in [6.45, 7) is 4.53. The number of esters is 1. The third-order valence-electron chi connectivity index (χ3n) is 2.46. The van der Waals surface area contributed by atoms with E-state index in [4.69, 9.17) is 4.74 Å². The van der Waals surface area contributed by atoms with Gasteiger partial charge in [0.05, 0.1) is 5.56 Å². The first kappa shape index (κ1) is 16.0. The highest BCUT2D eigenvalue weighted by Gasteiger charge is 2.04. The fourth-order valence-electron chi connectivity index (χ4n) is 1.47. The average molecular weight is 370 g/mol. The first-order valence-corrected chi connectivity index (χ1v) is 7.37. The standard InChI is InChI=1S/C16H19IO2/c1-13(2)7-6-10-15(17)11-12-19-16(18)14-8-4-3-5-9-14/h3-5,7-9,11H,6,10,12H2,1-2H3/b15-11-. The third-order valence-corrected chi connectivity index (χ3v) is 3.44. The van der Waals surface area contributed by atoms with E-state index in [1.54, 1.807) is 12.1 Å². The van der Waals surface area contributed by atoms with Crippen molar-refractivity contribution in [2.45, 2.75) is 26.7 Å². The van der Waals surface area contributed by atoms with Gasteiger partial charge < -0.3 is 4.74 Å². The Kier molecular flexibility index (Phi) is 7.48. The molecule has 0 fully saturated rings. The molecule has 1 aromatic rings. The number of carbonyl (C=O) groups excluding carboxylic acids is 1. The number of rotatable bonds is 6. The van der Waals surface area contributed by atoms with Gasteiger partial charge in [-0.1, -0.05) is 29.8 Å². The van der Waals surface area contributed by atoms with Crippen molar-refractivity contribution < 1.29 is 9.53 Å². The van der Waals surface area contributed by atoms with Crippen LogP contribution in [0.3, 0.4) is 0 Å². The Bertz CT molecular complexity index is 457. The predicted molar refractivity (Wildman–Crippen MR) is 87.5 cm³/mol. The molecule has 0 saturated heterocycles. The van der Waals surface area contributed by atoms with E-state index in [0.29, 0.717) is 12.2 Å². The molecule has 0 bridgehead atoms. The fourth-order valence-corrected chi connectivity index (χ4v) is 1.96. The minimum absolute atomic E-state index is 0.273. The first-order chi connectivity index (χ1) is 9.09. The van der Waals surface area contributed by atoms with Crippen LogP contribution < -0.4 is 0 Å². The zero-order chi connectivity index (χ0) is 14.1. The summed E-state index contributed by atoms with van der Waals surface area (Å²) < 4.78 is 6.41.